The fourth-order valence-corrected chi connectivity index (χ4v) is 1.82. The molecule has 2 rings (SSSR count). The summed E-state index contributed by atoms with van der Waals surface area (Å²) in [4.78, 5) is 18.2. The summed E-state index contributed by atoms with van der Waals surface area (Å²) in [5, 5.41) is 0. The molecule has 0 N–H and O–H groups in total. The van der Waals surface area contributed by atoms with Crippen molar-refractivity contribution in [3.05, 3.63) is 29.6 Å². The van der Waals surface area contributed by atoms with Crippen LogP contribution in [0, 0.1) is 5.41 Å². The number of aromatic nitrogens is 1. The van der Waals surface area contributed by atoms with Gasteiger partial charge in [0.2, 0.25) is 5.91 Å². The van der Waals surface area contributed by atoms with E-state index in [2.05, 4.69) is 4.98 Å². The van der Waals surface area contributed by atoms with Gasteiger partial charge in [0.25, 0.3) is 0 Å². The molecule has 1 aromatic heterocycles. The van der Waals surface area contributed by atoms with Crippen LogP contribution in [0.2, 0.25) is 0 Å². The Kier molecular flexibility index (Phi) is 2.25. The van der Waals surface area contributed by atoms with Crippen LogP contribution < -0.4 is 0 Å². The Hall–Kier alpha value is -1.38. The maximum Gasteiger partial charge on any atom is 0.228 e. The first kappa shape index (κ1) is 10.1. The summed E-state index contributed by atoms with van der Waals surface area (Å²) in [7, 11) is 0. The average molecular weight is 204 g/mol. The third-order valence-corrected chi connectivity index (χ3v) is 2.62. The number of fused-ring (bicyclic) bond motifs is 1. The lowest BCUT2D eigenvalue weighted by atomic mass is 9.95. The largest absolute Gasteiger partial charge is 0.332 e. The molecule has 0 saturated carbocycles. The molecule has 1 aliphatic heterocycles. The van der Waals surface area contributed by atoms with Gasteiger partial charge < -0.3 is 4.90 Å². The fraction of sp³-hybridized carbons (Fsp3) is 0.500. The van der Waals surface area contributed by atoms with Gasteiger partial charge in [-0.05, 0) is 11.6 Å². The Bertz CT molecular complexity index is 368. The van der Waals surface area contributed by atoms with Crippen LogP contribution in [0.4, 0.5) is 0 Å². The summed E-state index contributed by atoms with van der Waals surface area (Å²) in [6, 6.07) is 3.96. The lowest BCUT2D eigenvalue weighted by Gasteiger charge is -2.24. The zero-order valence-electron chi connectivity index (χ0n) is 9.45. The standard InChI is InChI=1S/C12H16N2O/c1-12(2,3)11(15)14-7-9-5-4-6-13-10(9)8-14/h4-6H,7-8H2,1-3H3. The van der Waals surface area contributed by atoms with Gasteiger partial charge in [0.1, 0.15) is 0 Å². The van der Waals surface area contributed by atoms with Gasteiger partial charge in [0.05, 0.1) is 12.2 Å². The molecule has 1 amide bonds. The second-order valence-electron chi connectivity index (χ2n) is 5.02. The molecule has 0 atom stereocenters. The van der Waals surface area contributed by atoms with Crippen molar-refractivity contribution in [2.75, 3.05) is 0 Å². The molecule has 0 radical (unpaired) electrons. The number of rotatable bonds is 0. The van der Waals surface area contributed by atoms with E-state index in [0.717, 1.165) is 5.69 Å². The highest BCUT2D eigenvalue weighted by atomic mass is 16.2. The van der Waals surface area contributed by atoms with Crippen molar-refractivity contribution in [1.29, 1.82) is 0 Å². The predicted molar refractivity (Wildman–Crippen MR) is 57.9 cm³/mol. The molecular weight excluding hydrogens is 188 g/mol. The summed E-state index contributed by atoms with van der Waals surface area (Å²) >= 11 is 0. The van der Waals surface area contributed by atoms with E-state index in [9.17, 15) is 4.79 Å². The topological polar surface area (TPSA) is 33.2 Å². The van der Waals surface area contributed by atoms with Crippen LogP contribution in [0.1, 0.15) is 32.0 Å². The Balaban J connectivity index is 2.17. The Labute approximate surface area is 90.1 Å². The SMILES string of the molecule is CC(C)(C)C(=O)N1Cc2cccnc2C1. The lowest BCUT2D eigenvalue weighted by molar-refractivity contribution is -0.140. The molecular formula is C12H16N2O. The highest BCUT2D eigenvalue weighted by Crippen LogP contribution is 2.26. The van der Waals surface area contributed by atoms with Crippen LogP contribution in [-0.4, -0.2) is 15.8 Å². The van der Waals surface area contributed by atoms with Crippen molar-refractivity contribution < 1.29 is 4.79 Å². The van der Waals surface area contributed by atoms with Crippen molar-refractivity contribution >= 4 is 5.91 Å². The van der Waals surface area contributed by atoms with E-state index in [1.807, 2.05) is 37.8 Å². The van der Waals surface area contributed by atoms with Crippen molar-refractivity contribution in [2.45, 2.75) is 33.9 Å². The van der Waals surface area contributed by atoms with Gasteiger partial charge in [-0.2, -0.15) is 0 Å². The zero-order valence-corrected chi connectivity index (χ0v) is 9.45. The first-order valence-corrected chi connectivity index (χ1v) is 5.20. The molecule has 15 heavy (non-hydrogen) atoms. The van der Waals surface area contributed by atoms with E-state index < -0.39 is 0 Å². The van der Waals surface area contributed by atoms with Crippen LogP contribution in [0.15, 0.2) is 18.3 Å². The molecule has 3 heteroatoms. The molecule has 0 unspecified atom stereocenters. The van der Waals surface area contributed by atoms with Crippen LogP contribution in [0.25, 0.3) is 0 Å². The molecule has 1 aromatic rings. The minimum absolute atomic E-state index is 0.195. The molecule has 80 valence electrons. The van der Waals surface area contributed by atoms with Crippen LogP contribution in [0.3, 0.4) is 0 Å². The van der Waals surface area contributed by atoms with Crippen molar-refractivity contribution in [1.82, 2.24) is 9.88 Å². The molecule has 0 saturated heterocycles. The summed E-state index contributed by atoms with van der Waals surface area (Å²) in [6.07, 6.45) is 1.78. The van der Waals surface area contributed by atoms with Gasteiger partial charge in [-0.1, -0.05) is 26.8 Å². The third-order valence-electron chi connectivity index (χ3n) is 2.62. The predicted octanol–water partition coefficient (Wildman–Crippen LogP) is 1.97. The molecule has 1 aliphatic rings. The maximum absolute atomic E-state index is 12.0. The molecule has 3 nitrogen and oxygen atoms in total. The molecule has 0 bridgehead atoms. The van der Waals surface area contributed by atoms with Gasteiger partial charge >= 0.3 is 0 Å². The second-order valence-corrected chi connectivity index (χ2v) is 5.02. The normalized spacial score (nSPS) is 15.3. The van der Waals surface area contributed by atoms with Crippen molar-refractivity contribution in [2.24, 2.45) is 5.41 Å². The number of carbonyl (C=O) groups is 1. The van der Waals surface area contributed by atoms with Crippen LogP contribution in [0.5, 0.6) is 0 Å². The molecule has 0 aliphatic carbocycles. The fourth-order valence-electron chi connectivity index (χ4n) is 1.82. The first-order valence-electron chi connectivity index (χ1n) is 5.20. The van der Waals surface area contributed by atoms with Gasteiger partial charge in [0, 0.05) is 18.2 Å². The Morgan fingerprint density at radius 3 is 2.73 bits per heavy atom. The summed E-state index contributed by atoms with van der Waals surface area (Å²) in [6.45, 7) is 7.22. The zero-order chi connectivity index (χ0) is 11.1. The Morgan fingerprint density at radius 2 is 2.13 bits per heavy atom. The molecule has 2 heterocycles. The lowest BCUT2D eigenvalue weighted by Crippen LogP contribution is -2.35. The van der Waals surface area contributed by atoms with E-state index in [1.54, 1.807) is 6.20 Å². The highest BCUT2D eigenvalue weighted by Gasteiger charge is 2.31. The number of carbonyl (C=O) groups excluding carboxylic acids is 1. The van der Waals surface area contributed by atoms with E-state index >= 15 is 0 Å². The molecule has 0 fully saturated rings. The number of hydrogen-bond donors (Lipinski definition) is 0. The second kappa shape index (κ2) is 3.33. The molecule has 0 spiro atoms. The summed E-state index contributed by atoms with van der Waals surface area (Å²) in [5.74, 6) is 0.195. The van der Waals surface area contributed by atoms with Gasteiger partial charge in [-0.25, -0.2) is 0 Å². The van der Waals surface area contributed by atoms with E-state index in [-0.39, 0.29) is 11.3 Å². The number of nitrogens with zero attached hydrogens (tertiary/aromatic N) is 2. The van der Waals surface area contributed by atoms with Crippen LogP contribution >= 0.6 is 0 Å². The monoisotopic (exact) mass is 204 g/mol. The van der Waals surface area contributed by atoms with E-state index in [0.29, 0.717) is 13.1 Å². The average Bonchev–Trinajstić information content (AvgIpc) is 2.58. The van der Waals surface area contributed by atoms with Crippen molar-refractivity contribution in [3.63, 3.8) is 0 Å². The third kappa shape index (κ3) is 1.87. The van der Waals surface area contributed by atoms with Gasteiger partial charge in [0.15, 0.2) is 0 Å². The van der Waals surface area contributed by atoms with Crippen LogP contribution in [-0.2, 0) is 17.9 Å². The number of pyridine rings is 1. The Morgan fingerprint density at radius 1 is 1.40 bits per heavy atom. The summed E-state index contributed by atoms with van der Waals surface area (Å²) in [5.41, 5.74) is 1.91. The van der Waals surface area contributed by atoms with E-state index in [1.165, 1.54) is 5.56 Å². The number of hydrogen-bond acceptors (Lipinski definition) is 2. The summed E-state index contributed by atoms with van der Waals surface area (Å²) < 4.78 is 0. The molecule has 0 aromatic carbocycles. The van der Waals surface area contributed by atoms with E-state index in [4.69, 9.17) is 0 Å². The number of amides is 1. The van der Waals surface area contributed by atoms with Gasteiger partial charge in [-0.15, -0.1) is 0 Å². The smallest absolute Gasteiger partial charge is 0.228 e. The van der Waals surface area contributed by atoms with Gasteiger partial charge in [-0.3, -0.25) is 9.78 Å². The first-order chi connectivity index (χ1) is 6.98. The minimum atomic E-state index is -0.304. The maximum atomic E-state index is 12.0. The highest BCUT2D eigenvalue weighted by molar-refractivity contribution is 5.82. The quantitative estimate of drug-likeness (QED) is 0.647. The van der Waals surface area contributed by atoms with Crippen molar-refractivity contribution in [3.8, 4) is 0 Å². The minimum Gasteiger partial charge on any atom is -0.332 e.